The first-order chi connectivity index (χ1) is 6.75. The first kappa shape index (κ1) is 13.3. The molecule has 0 radical (unpaired) electrons. The lowest BCUT2D eigenvalue weighted by atomic mass is 10.2. The molecule has 15 heavy (non-hydrogen) atoms. The van der Waals surface area contributed by atoms with Gasteiger partial charge in [0.05, 0.1) is 5.02 Å². The van der Waals surface area contributed by atoms with Crippen LogP contribution in [0.1, 0.15) is 11.8 Å². The number of halogens is 2. The lowest BCUT2D eigenvalue weighted by Crippen LogP contribution is -2.49. The van der Waals surface area contributed by atoms with Crippen molar-refractivity contribution in [1.29, 1.82) is 0 Å². The zero-order chi connectivity index (χ0) is 9.97. The number of thiophene rings is 1. The molecule has 0 aliphatic carbocycles. The van der Waals surface area contributed by atoms with Crippen molar-refractivity contribution in [3.05, 3.63) is 21.3 Å². The predicted molar refractivity (Wildman–Crippen MR) is 69.3 cm³/mol. The van der Waals surface area contributed by atoms with Gasteiger partial charge in [0.2, 0.25) is 0 Å². The fourth-order valence-electron chi connectivity index (χ4n) is 1.75. The van der Waals surface area contributed by atoms with E-state index in [9.17, 15) is 0 Å². The van der Waals surface area contributed by atoms with Crippen molar-refractivity contribution in [3.8, 4) is 0 Å². The fraction of sp³-hybridized carbons (Fsp3) is 0.600. The standard InChI is InChI=1S/C10H15ClN2S.ClH/c1-8-5-12-2-3-13(8)6-10-4-9(11)7-14-10;/h4,7-8,12H,2-3,5-6H2,1H3;1H/t8-;/m1./s1. The molecule has 1 saturated heterocycles. The number of hydrogen-bond donors (Lipinski definition) is 1. The minimum Gasteiger partial charge on any atom is -0.314 e. The summed E-state index contributed by atoms with van der Waals surface area (Å²) in [5.41, 5.74) is 0. The van der Waals surface area contributed by atoms with Crippen molar-refractivity contribution in [2.24, 2.45) is 0 Å². The van der Waals surface area contributed by atoms with E-state index in [1.165, 1.54) is 4.88 Å². The number of hydrogen-bond acceptors (Lipinski definition) is 3. The quantitative estimate of drug-likeness (QED) is 0.886. The molecule has 5 heteroatoms. The predicted octanol–water partition coefficient (Wildman–Crippen LogP) is 2.62. The largest absolute Gasteiger partial charge is 0.314 e. The van der Waals surface area contributed by atoms with Crippen molar-refractivity contribution >= 4 is 35.3 Å². The molecule has 0 saturated carbocycles. The van der Waals surface area contributed by atoms with Gasteiger partial charge >= 0.3 is 0 Å². The number of nitrogens with one attached hydrogen (secondary N) is 1. The fourth-order valence-corrected chi connectivity index (χ4v) is 2.85. The molecule has 2 rings (SSSR count). The minimum atomic E-state index is 0. The van der Waals surface area contributed by atoms with E-state index in [2.05, 4.69) is 23.2 Å². The molecule has 2 heterocycles. The average Bonchev–Trinajstić information content (AvgIpc) is 2.56. The molecule has 1 aliphatic rings. The van der Waals surface area contributed by atoms with Gasteiger partial charge < -0.3 is 5.32 Å². The Labute approximate surface area is 106 Å². The zero-order valence-electron chi connectivity index (χ0n) is 8.70. The van der Waals surface area contributed by atoms with Gasteiger partial charge in [0.25, 0.3) is 0 Å². The number of nitrogens with zero attached hydrogens (tertiary/aromatic N) is 1. The van der Waals surface area contributed by atoms with Crippen LogP contribution in [0.4, 0.5) is 0 Å². The first-order valence-electron chi connectivity index (χ1n) is 4.93. The summed E-state index contributed by atoms with van der Waals surface area (Å²) in [4.78, 5) is 3.86. The second kappa shape index (κ2) is 6.06. The maximum Gasteiger partial charge on any atom is 0.0516 e. The molecule has 1 atom stereocenters. The van der Waals surface area contributed by atoms with Gasteiger partial charge in [-0.25, -0.2) is 0 Å². The van der Waals surface area contributed by atoms with E-state index in [0.717, 1.165) is 31.2 Å². The van der Waals surface area contributed by atoms with Crippen molar-refractivity contribution in [1.82, 2.24) is 10.2 Å². The summed E-state index contributed by atoms with van der Waals surface area (Å²) in [6, 6.07) is 2.70. The van der Waals surface area contributed by atoms with E-state index in [-0.39, 0.29) is 12.4 Å². The Morgan fingerprint density at radius 2 is 2.47 bits per heavy atom. The molecule has 0 bridgehead atoms. The third-order valence-electron chi connectivity index (χ3n) is 2.62. The van der Waals surface area contributed by atoms with Gasteiger partial charge in [0.15, 0.2) is 0 Å². The van der Waals surface area contributed by atoms with Crippen molar-refractivity contribution in [3.63, 3.8) is 0 Å². The third-order valence-corrected chi connectivity index (χ3v) is 3.89. The maximum atomic E-state index is 5.89. The summed E-state index contributed by atoms with van der Waals surface area (Å²) in [5, 5.41) is 6.26. The molecule has 86 valence electrons. The number of piperazine rings is 1. The average molecular weight is 267 g/mol. The monoisotopic (exact) mass is 266 g/mol. The highest BCUT2D eigenvalue weighted by molar-refractivity contribution is 7.10. The van der Waals surface area contributed by atoms with E-state index in [1.54, 1.807) is 11.3 Å². The Balaban J connectivity index is 0.00000112. The Kier molecular flexibility index (Phi) is 5.36. The molecular formula is C10H16Cl2N2S. The van der Waals surface area contributed by atoms with Crippen LogP contribution >= 0.6 is 35.3 Å². The van der Waals surface area contributed by atoms with Crippen LogP contribution in [0.25, 0.3) is 0 Å². The normalized spacial score (nSPS) is 22.4. The van der Waals surface area contributed by atoms with Crippen LogP contribution in [0.2, 0.25) is 5.02 Å². The lowest BCUT2D eigenvalue weighted by Gasteiger charge is -2.33. The molecule has 0 unspecified atom stereocenters. The summed E-state index contributed by atoms with van der Waals surface area (Å²) in [7, 11) is 0. The summed E-state index contributed by atoms with van der Waals surface area (Å²) in [5.74, 6) is 0. The molecule has 1 aromatic rings. The first-order valence-corrected chi connectivity index (χ1v) is 6.19. The third kappa shape index (κ3) is 3.61. The Hall–Kier alpha value is 0.200. The van der Waals surface area contributed by atoms with E-state index in [0.29, 0.717) is 6.04 Å². The molecule has 1 fully saturated rings. The highest BCUT2D eigenvalue weighted by atomic mass is 35.5. The smallest absolute Gasteiger partial charge is 0.0516 e. The second-order valence-electron chi connectivity index (χ2n) is 3.75. The van der Waals surface area contributed by atoms with Gasteiger partial charge in [-0.3, -0.25) is 4.90 Å². The van der Waals surface area contributed by atoms with Crippen molar-refractivity contribution < 1.29 is 0 Å². The Morgan fingerprint density at radius 1 is 1.67 bits per heavy atom. The molecule has 0 amide bonds. The molecule has 2 nitrogen and oxygen atoms in total. The van der Waals surface area contributed by atoms with Crippen LogP contribution in [0.3, 0.4) is 0 Å². The molecule has 1 aromatic heterocycles. The zero-order valence-corrected chi connectivity index (χ0v) is 11.1. The van der Waals surface area contributed by atoms with Gasteiger partial charge in [-0.05, 0) is 13.0 Å². The van der Waals surface area contributed by atoms with Crippen molar-refractivity contribution in [2.45, 2.75) is 19.5 Å². The van der Waals surface area contributed by atoms with Gasteiger partial charge in [0.1, 0.15) is 0 Å². The highest BCUT2D eigenvalue weighted by Crippen LogP contribution is 2.21. The van der Waals surface area contributed by atoms with Crippen LogP contribution in [-0.4, -0.2) is 30.6 Å². The van der Waals surface area contributed by atoms with Crippen LogP contribution in [0.15, 0.2) is 11.4 Å². The van der Waals surface area contributed by atoms with Gasteiger partial charge in [-0.1, -0.05) is 11.6 Å². The molecule has 0 spiro atoms. The van der Waals surface area contributed by atoms with E-state index < -0.39 is 0 Å². The molecule has 1 N–H and O–H groups in total. The van der Waals surface area contributed by atoms with Crippen molar-refractivity contribution in [2.75, 3.05) is 19.6 Å². The van der Waals surface area contributed by atoms with Gasteiger partial charge in [-0.2, -0.15) is 0 Å². The summed E-state index contributed by atoms with van der Waals surface area (Å²) >= 11 is 7.65. The van der Waals surface area contributed by atoms with Gasteiger partial charge in [0, 0.05) is 42.5 Å². The summed E-state index contributed by atoms with van der Waals surface area (Å²) in [6.45, 7) is 6.64. The topological polar surface area (TPSA) is 15.3 Å². The summed E-state index contributed by atoms with van der Waals surface area (Å²) < 4.78 is 0. The van der Waals surface area contributed by atoms with E-state index in [4.69, 9.17) is 11.6 Å². The lowest BCUT2D eigenvalue weighted by molar-refractivity contribution is 0.167. The van der Waals surface area contributed by atoms with Crippen LogP contribution < -0.4 is 5.32 Å². The highest BCUT2D eigenvalue weighted by Gasteiger charge is 2.18. The summed E-state index contributed by atoms with van der Waals surface area (Å²) in [6.07, 6.45) is 0. The second-order valence-corrected chi connectivity index (χ2v) is 5.19. The Bertz CT molecular complexity index is 303. The molecule has 0 aromatic carbocycles. The minimum absolute atomic E-state index is 0. The Morgan fingerprint density at radius 3 is 3.07 bits per heavy atom. The SMILES string of the molecule is C[C@@H]1CNCCN1Cc1cc(Cl)cs1.Cl. The maximum absolute atomic E-state index is 5.89. The van der Waals surface area contributed by atoms with Crippen LogP contribution in [0.5, 0.6) is 0 Å². The number of rotatable bonds is 2. The van der Waals surface area contributed by atoms with Gasteiger partial charge in [-0.15, -0.1) is 23.7 Å². The molecular weight excluding hydrogens is 251 g/mol. The van der Waals surface area contributed by atoms with E-state index >= 15 is 0 Å². The van der Waals surface area contributed by atoms with E-state index in [1.807, 2.05) is 5.38 Å². The molecule has 1 aliphatic heterocycles. The van der Waals surface area contributed by atoms with Crippen LogP contribution in [-0.2, 0) is 6.54 Å². The van der Waals surface area contributed by atoms with Crippen LogP contribution in [0, 0.1) is 0 Å².